The van der Waals surface area contributed by atoms with E-state index in [0.717, 1.165) is 6.08 Å². The number of ether oxygens (including phenoxy) is 1. The van der Waals surface area contributed by atoms with E-state index < -0.39 is 22.9 Å². The first kappa shape index (κ1) is 20.4. The number of carbonyl (C=O) groups is 2. The predicted octanol–water partition coefficient (Wildman–Crippen LogP) is 4.49. The fourth-order valence-electron chi connectivity index (χ4n) is 2.06. The molecule has 0 spiro atoms. The number of nitrogens with one attached hydrogen (secondary N) is 1. The molecule has 0 radical (unpaired) electrons. The van der Waals surface area contributed by atoms with Crippen LogP contribution in [0.3, 0.4) is 0 Å². The first-order valence-corrected chi connectivity index (χ1v) is 8.42. The van der Waals surface area contributed by atoms with E-state index in [1.165, 1.54) is 37.3 Å². The molecule has 1 amide bonds. The van der Waals surface area contributed by atoms with E-state index in [9.17, 15) is 19.7 Å². The number of esters is 1. The van der Waals surface area contributed by atoms with Crippen LogP contribution < -0.4 is 5.32 Å². The topological polar surface area (TPSA) is 98.5 Å². The third kappa shape index (κ3) is 5.54. The average molecular weight is 409 g/mol. The Morgan fingerprint density at radius 1 is 1.15 bits per heavy atom. The Balaban J connectivity index is 2.01. The molecule has 27 heavy (non-hydrogen) atoms. The van der Waals surface area contributed by atoms with Gasteiger partial charge in [-0.2, -0.15) is 0 Å². The molecule has 0 bridgehead atoms. The zero-order valence-electron chi connectivity index (χ0n) is 14.0. The van der Waals surface area contributed by atoms with Crippen LogP contribution in [0.5, 0.6) is 0 Å². The highest BCUT2D eigenvalue weighted by atomic mass is 35.5. The number of rotatable bonds is 6. The second kappa shape index (κ2) is 9.16. The van der Waals surface area contributed by atoms with E-state index >= 15 is 0 Å². The Morgan fingerprint density at radius 3 is 2.41 bits per heavy atom. The van der Waals surface area contributed by atoms with Crippen LogP contribution in [0.4, 0.5) is 11.4 Å². The van der Waals surface area contributed by atoms with Crippen molar-refractivity contribution in [3.63, 3.8) is 0 Å². The van der Waals surface area contributed by atoms with Gasteiger partial charge in [-0.25, -0.2) is 4.79 Å². The number of hydrogen-bond acceptors (Lipinski definition) is 5. The molecule has 0 saturated carbocycles. The van der Waals surface area contributed by atoms with Gasteiger partial charge in [-0.3, -0.25) is 14.9 Å². The Hall–Kier alpha value is -2.90. The highest BCUT2D eigenvalue weighted by molar-refractivity contribution is 6.37. The van der Waals surface area contributed by atoms with Gasteiger partial charge in [0.25, 0.3) is 11.6 Å². The number of hydrogen-bond donors (Lipinski definition) is 1. The van der Waals surface area contributed by atoms with Gasteiger partial charge in [0.1, 0.15) is 5.69 Å². The zero-order valence-corrected chi connectivity index (χ0v) is 15.5. The minimum absolute atomic E-state index is 0.00814. The van der Waals surface area contributed by atoms with Crippen molar-refractivity contribution in [2.45, 2.75) is 13.0 Å². The Bertz CT molecular complexity index is 894. The van der Waals surface area contributed by atoms with Gasteiger partial charge in [-0.05, 0) is 31.2 Å². The number of nitrogens with zero attached hydrogens (tertiary/aromatic N) is 1. The summed E-state index contributed by atoms with van der Waals surface area (Å²) in [5, 5.41) is 14.0. The first-order valence-electron chi connectivity index (χ1n) is 7.66. The van der Waals surface area contributed by atoms with E-state index in [2.05, 4.69) is 5.32 Å². The Kier molecular flexibility index (Phi) is 6.92. The molecule has 140 valence electrons. The van der Waals surface area contributed by atoms with Crippen molar-refractivity contribution < 1.29 is 19.2 Å². The summed E-state index contributed by atoms with van der Waals surface area (Å²) < 4.78 is 4.99. The molecule has 0 aliphatic heterocycles. The number of amides is 1. The second-order valence-corrected chi connectivity index (χ2v) is 6.13. The van der Waals surface area contributed by atoms with Gasteiger partial charge in [-0.1, -0.05) is 41.4 Å². The highest BCUT2D eigenvalue weighted by Crippen LogP contribution is 2.26. The summed E-state index contributed by atoms with van der Waals surface area (Å²) in [6.45, 7) is 1.35. The van der Waals surface area contributed by atoms with Crippen molar-refractivity contribution in [3.05, 3.63) is 74.3 Å². The lowest BCUT2D eigenvalue weighted by atomic mass is 10.2. The summed E-state index contributed by atoms with van der Waals surface area (Å²) in [6.07, 6.45) is 1.28. The molecule has 0 aliphatic rings. The summed E-state index contributed by atoms with van der Waals surface area (Å²) in [4.78, 5) is 34.4. The third-order valence-electron chi connectivity index (χ3n) is 3.41. The fourth-order valence-corrected chi connectivity index (χ4v) is 2.58. The molecule has 2 aromatic carbocycles. The summed E-state index contributed by atoms with van der Waals surface area (Å²) in [7, 11) is 0. The monoisotopic (exact) mass is 408 g/mol. The molecule has 0 saturated heterocycles. The molecular weight excluding hydrogens is 395 g/mol. The Morgan fingerprint density at radius 2 is 1.78 bits per heavy atom. The zero-order chi connectivity index (χ0) is 20.0. The number of halogens is 2. The standard InChI is InChI=1S/C18H14Cl2N2O5/c1-11(18(24)21-15-7-2-3-8-16(15)22(25)26)27-17(23)10-9-12-13(19)5-4-6-14(12)20/h2-11H,1H3,(H,21,24)/b10-9+/t11-/m0/s1. The smallest absolute Gasteiger partial charge is 0.331 e. The lowest BCUT2D eigenvalue weighted by Gasteiger charge is -2.12. The number of anilines is 1. The van der Waals surface area contributed by atoms with Crippen molar-refractivity contribution in [1.29, 1.82) is 0 Å². The number of carbonyl (C=O) groups excluding carboxylic acids is 2. The largest absolute Gasteiger partial charge is 0.449 e. The van der Waals surface area contributed by atoms with Crippen LogP contribution in [0.15, 0.2) is 48.5 Å². The van der Waals surface area contributed by atoms with Crippen LogP contribution in [0, 0.1) is 10.1 Å². The van der Waals surface area contributed by atoms with E-state index in [1.54, 1.807) is 18.2 Å². The number of nitro groups is 1. The molecule has 1 atom stereocenters. The van der Waals surface area contributed by atoms with Gasteiger partial charge >= 0.3 is 5.97 Å². The van der Waals surface area contributed by atoms with Crippen LogP contribution in [0.2, 0.25) is 10.0 Å². The summed E-state index contributed by atoms with van der Waals surface area (Å²) >= 11 is 12.0. The molecule has 0 aromatic heterocycles. The Labute approximate surface area is 164 Å². The summed E-state index contributed by atoms with van der Waals surface area (Å²) in [6, 6.07) is 10.5. The van der Waals surface area contributed by atoms with Crippen molar-refractivity contribution in [2.24, 2.45) is 0 Å². The lowest BCUT2D eigenvalue weighted by Crippen LogP contribution is -2.29. The number of para-hydroxylation sites is 2. The molecule has 0 fully saturated rings. The predicted molar refractivity (Wildman–Crippen MR) is 103 cm³/mol. The SMILES string of the molecule is C[C@H](OC(=O)/C=C/c1c(Cl)cccc1Cl)C(=O)Nc1ccccc1[N+](=O)[O-]. The molecule has 2 rings (SSSR count). The minimum Gasteiger partial charge on any atom is -0.449 e. The normalized spacial score (nSPS) is 11.8. The molecule has 9 heteroatoms. The maximum atomic E-state index is 12.1. The molecular formula is C18H14Cl2N2O5. The van der Waals surface area contributed by atoms with Gasteiger partial charge in [-0.15, -0.1) is 0 Å². The van der Waals surface area contributed by atoms with Crippen molar-refractivity contribution >= 4 is 52.5 Å². The molecule has 0 heterocycles. The fraction of sp³-hybridized carbons (Fsp3) is 0.111. The van der Waals surface area contributed by atoms with Gasteiger partial charge in [0.2, 0.25) is 0 Å². The second-order valence-electron chi connectivity index (χ2n) is 5.31. The lowest BCUT2D eigenvalue weighted by molar-refractivity contribution is -0.383. The summed E-state index contributed by atoms with van der Waals surface area (Å²) in [5.41, 5.74) is 0.182. The van der Waals surface area contributed by atoms with Crippen molar-refractivity contribution in [1.82, 2.24) is 0 Å². The van der Waals surface area contributed by atoms with Gasteiger partial charge in [0.15, 0.2) is 6.10 Å². The first-order chi connectivity index (χ1) is 12.8. The summed E-state index contributed by atoms with van der Waals surface area (Å²) in [5.74, 6) is -1.50. The highest BCUT2D eigenvalue weighted by Gasteiger charge is 2.20. The van der Waals surface area contributed by atoms with Crippen molar-refractivity contribution in [3.8, 4) is 0 Å². The van der Waals surface area contributed by atoms with E-state index in [-0.39, 0.29) is 11.4 Å². The molecule has 1 N–H and O–H groups in total. The maximum absolute atomic E-state index is 12.1. The van der Waals surface area contributed by atoms with E-state index in [0.29, 0.717) is 15.6 Å². The molecule has 7 nitrogen and oxygen atoms in total. The van der Waals surface area contributed by atoms with Gasteiger partial charge in [0.05, 0.1) is 4.92 Å². The van der Waals surface area contributed by atoms with Crippen LogP contribution in [0.1, 0.15) is 12.5 Å². The van der Waals surface area contributed by atoms with Crippen LogP contribution >= 0.6 is 23.2 Å². The van der Waals surface area contributed by atoms with Gasteiger partial charge in [0, 0.05) is 27.8 Å². The van der Waals surface area contributed by atoms with E-state index in [4.69, 9.17) is 27.9 Å². The quantitative estimate of drug-likeness (QED) is 0.328. The van der Waals surface area contributed by atoms with Crippen molar-refractivity contribution in [2.75, 3.05) is 5.32 Å². The maximum Gasteiger partial charge on any atom is 0.331 e. The van der Waals surface area contributed by atoms with Crippen LogP contribution in [-0.4, -0.2) is 22.9 Å². The molecule has 0 aliphatic carbocycles. The average Bonchev–Trinajstić information content (AvgIpc) is 2.61. The van der Waals surface area contributed by atoms with Crippen LogP contribution in [-0.2, 0) is 14.3 Å². The third-order valence-corrected chi connectivity index (χ3v) is 4.07. The van der Waals surface area contributed by atoms with Crippen LogP contribution in [0.25, 0.3) is 6.08 Å². The van der Waals surface area contributed by atoms with E-state index in [1.807, 2.05) is 0 Å². The number of benzene rings is 2. The number of nitro benzene ring substituents is 1. The molecule has 2 aromatic rings. The minimum atomic E-state index is -1.18. The molecule has 0 unspecified atom stereocenters. The van der Waals surface area contributed by atoms with Gasteiger partial charge < -0.3 is 10.1 Å².